The molecule has 0 bridgehead atoms. The van der Waals surface area contributed by atoms with Crippen LogP contribution in [-0.4, -0.2) is 74.2 Å². The summed E-state index contributed by atoms with van der Waals surface area (Å²) in [4.78, 5) is 26.4. The zero-order valence-corrected chi connectivity index (χ0v) is 25.8. The number of amides is 2. The van der Waals surface area contributed by atoms with Crippen LogP contribution >= 0.6 is 11.5 Å². The second-order valence-electron chi connectivity index (χ2n) is 11.3. The quantitative estimate of drug-likeness (QED) is 0.269. The van der Waals surface area contributed by atoms with Crippen LogP contribution in [0.15, 0.2) is 72.8 Å². The van der Waals surface area contributed by atoms with Crippen molar-refractivity contribution in [2.24, 2.45) is 0 Å². The first-order chi connectivity index (χ1) is 20.2. The molecule has 1 saturated heterocycles. The van der Waals surface area contributed by atoms with E-state index in [4.69, 9.17) is 15.1 Å². The normalized spacial score (nSPS) is 15.8. The minimum Gasteiger partial charge on any atom is -0.399 e. The van der Waals surface area contributed by atoms with E-state index in [-0.39, 0.29) is 18.0 Å². The van der Waals surface area contributed by atoms with Crippen molar-refractivity contribution in [2.45, 2.75) is 25.3 Å². The highest BCUT2D eigenvalue weighted by Gasteiger charge is 2.30. The van der Waals surface area contributed by atoms with E-state index in [2.05, 4.69) is 58.4 Å². The lowest BCUT2D eigenvalue weighted by molar-refractivity contribution is 0.200. The fourth-order valence-electron chi connectivity index (χ4n) is 5.21. The number of hydrogen-bond acceptors (Lipinski definition) is 8. The van der Waals surface area contributed by atoms with Gasteiger partial charge in [0, 0.05) is 94.1 Å². The predicted octanol–water partition coefficient (Wildman–Crippen LogP) is 5.37. The summed E-state index contributed by atoms with van der Waals surface area (Å²) in [7, 11) is 8.09. The Labute approximate surface area is 252 Å². The van der Waals surface area contributed by atoms with Crippen LogP contribution in [0.5, 0.6) is 0 Å². The van der Waals surface area contributed by atoms with Gasteiger partial charge in [-0.05, 0) is 73.0 Å². The standard InChI is InChI=1S/C32H40N8OS/c1-22-21-39(31(41)34-26-12-16-28(17-13-26)38(4)5)18-19-40(22)32-35-30(36-42-32)29(24-8-10-25(33)11-9-24)20-23-6-14-27(15-7-23)37(2)3/h6-17,22,29H,18-21,33H2,1-5H3,(H,34,41). The number of aromatic nitrogens is 2. The molecule has 1 aromatic heterocycles. The summed E-state index contributed by atoms with van der Waals surface area (Å²) >= 11 is 1.43. The summed E-state index contributed by atoms with van der Waals surface area (Å²) in [6.07, 6.45) is 0.785. The molecule has 0 spiro atoms. The third-order valence-corrected chi connectivity index (χ3v) is 8.54. The molecule has 10 heteroatoms. The van der Waals surface area contributed by atoms with E-state index in [0.29, 0.717) is 19.6 Å². The molecule has 2 amide bonds. The average Bonchev–Trinajstić information content (AvgIpc) is 3.46. The maximum Gasteiger partial charge on any atom is 0.321 e. The molecule has 3 aromatic carbocycles. The Hall–Kier alpha value is -4.31. The Balaban J connectivity index is 1.28. The maximum atomic E-state index is 13.0. The van der Waals surface area contributed by atoms with Crippen LogP contribution in [-0.2, 0) is 6.42 Å². The Bertz CT molecular complexity index is 1470. The third-order valence-electron chi connectivity index (χ3n) is 7.77. The van der Waals surface area contributed by atoms with Gasteiger partial charge in [-0.25, -0.2) is 9.78 Å². The van der Waals surface area contributed by atoms with Crippen molar-refractivity contribution in [2.75, 3.05) is 73.6 Å². The SMILES string of the molecule is CC1CN(C(=O)Nc2ccc(N(C)C)cc2)CCN1c1nc(C(Cc2ccc(N(C)C)cc2)c2ccc(N)cc2)ns1. The first-order valence-electron chi connectivity index (χ1n) is 14.2. The van der Waals surface area contributed by atoms with Crippen molar-refractivity contribution in [3.8, 4) is 0 Å². The third kappa shape index (κ3) is 6.76. The van der Waals surface area contributed by atoms with E-state index < -0.39 is 0 Å². The van der Waals surface area contributed by atoms with Crippen LogP contribution in [0.4, 0.5) is 32.7 Å². The second-order valence-corrected chi connectivity index (χ2v) is 12.0. The van der Waals surface area contributed by atoms with Crippen molar-refractivity contribution in [3.63, 3.8) is 0 Å². The molecular weight excluding hydrogens is 544 g/mol. The lowest BCUT2D eigenvalue weighted by Gasteiger charge is -2.39. The topological polar surface area (TPSA) is 93.9 Å². The van der Waals surface area contributed by atoms with Crippen LogP contribution in [0, 0.1) is 0 Å². The molecule has 42 heavy (non-hydrogen) atoms. The van der Waals surface area contributed by atoms with E-state index >= 15 is 0 Å². The van der Waals surface area contributed by atoms with E-state index in [9.17, 15) is 4.79 Å². The predicted molar refractivity (Wildman–Crippen MR) is 175 cm³/mol. The molecule has 2 heterocycles. The Morgan fingerprint density at radius 1 is 0.952 bits per heavy atom. The first kappa shape index (κ1) is 29.2. The number of piperazine rings is 1. The number of carbonyl (C=O) groups is 1. The van der Waals surface area contributed by atoms with Gasteiger partial charge in [0.25, 0.3) is 0 Å². The first-order valence-corrected chi connectivity index (χ1v) is 15.0. The van der Waals surface area contributed by atoms with E-state index in [0.717, 1.165) is 40.0 Å². The summed E-state index contributed by atoms with van der Waals surface area (Å²) < 4.78 is 4.85. The minimum absolute atomic E-state index is 0.00191. The molecule has 2 unspecified atom stereocenters. The van der Waals surface area contributed by atoms with Gasteiger partial charge in [-0.1, -0.05) is 24.3 Å². The van der Waals surface area contributed by atoms with E-state index in [1.165, 1.54) is 22.8 Å². The molecule has 2 atom stereocenters. The molecule has 4 aromatic rings. The van der Waals surface area contributed by atoms with E-state index in [1.54, 1.807) is 0 Å². The van der Waals surface area contributed by atoms with Crippen LogP contribution in [0.1, 0.15) is 29.8 Å². The molecule has 1 fully saturated rings. The van der Waals surface area contributed by atoms with E-state index in [1.807, 2.05) is 74.4 Å². The highest BCUT2D eigenvalue weighted by Crippen LogP contribution is 2.32. The number of anilines is 5. The zero-order valence-electron chi connectivity index (χ0n) is 25.0. The number of nitrogens with zero attached hydrogens (tertiary/aromatic N) is 6. The number of carbonyl (C=O) groups excluding carboxylic acids is 1. The van der Waals surface area contributed by atoms with Gasteiger partial charge in [0.05, 0.1) is 0 Å². The zero-order chi connectivity index (χ0) is 29.8. The number of nitrogens with two attached hydrogens (primary N) is 1. The molecule has 9 nitrogen and oxygen atoms in total. The highest BCUT2D eigenvalue weighted by atomic mass is 32.1. The van der Waals surface area contributed by atoms with Gasteiger partial charge >= 0.3 is 6.03 Å². The van der Waals surface area contributed by atoms with Gasteiger partial charge in [0.2, 0.25) is 5.13 Å². The molecule has 0 saturated carbocycles. The van der Waals surface area contributed by atoms with Crippen molar-refractivity contribution in [3.05, 3.63) is 89.7 Å². The molecule has 0 radical (unpaired) electrons. The molecule has 1 aliphatic rings. The Morgan fingerprint density at radius 2 is 1.57 bits per heavy atom. The van der Waals surface area contributed by atoms with Crippen LogP contribution < -0.4 is 25.8 Å². The molecule has 1 aliphatic heterocycles. The number of nitrogens with one attached hydrogen (secondary N) is 1. The monoisotopic (exact) mass is 584 g/mol. The minimum atomic E-state index is -0.0826. The van der Waals surface area contributed by atoms with Gasteiger partial charge in [0.15, 0.2) is 5.82 Å². The van der Waals surface area contributed by atoms with Crippen LogP contribution in [0.2, 0.25) is 0 Å². The number of rotatable bonds is 8. The number of urea groups is 1. The summed E-state index contributed by atoms with van der Waals surface area (Å²) in [6.45, 7) is 4.05. The van der Waals surface area contributed by atoms with Crippen molar-refractivity contribution in [1.82, 2.24) is 14.3 Å². The number of hydrogen-bond donors (Lipinski definition) is 2. The highest BCUT2D eigenvalue weighted by molar-refractivity contribution is 7.09. The molecule has 0 aliphatic carbocycles. The maximum absolute atomic E-state index is 13.0. The summed E-state index contributed by atoms with van der Waals surface area (Å²) in [6, 6.07) is 24.6. The second kappa shape index (κ2) is 12.7. The molecule has 5 rings (SSSR count). The fourth-order valence-corrected chi connectivity index (χ4v) is 6.06. The van der Waals surface area contributed by atoms with Gasteiger partial charge < -0.3 is 30.7 Å². The fraction of sp³-hybridized carbons (Fsp3) is 0.344. The van der Waals surface area contributed by atoms with Crippen LogP contribution in [0.25, 0.3) is 0 Å². The Kier molecular flexibility index (Phi) is 8.82. The molecule has 3 N–H and O–H groups in total. The lowest BCUT2D eigenvalue weighted by Crippen LogP contribution is -2.54. The number of nitrogen functional groups attached to an aromatic ring is 1. The summed E-state index contributed by atoms with van der Waals surface area (Å²) in [5.41, 5.74) is 12.1. The average molecular weight is 585 g/mol. The van der Waals surface area contributed by atoms with Crippen molar-refractivity contribution >= 4 is 45.4 Å². The molecular formula is C32H40N8OS. The summed E-state index contributed by atoms with van der Waals surface area (Å²) in [5, 5.41) is 3.93. The van der Waals surface area contributed by atoms with Crippen LogP contribution in [0.3, 0.4) is 0 Å². The van der Waals surface area contributed by atoms with Crippen molar-refractivity contribution in [1.29, 1.82) is 0 Å². The summed E-state index contributed by atoms with van der Waals surface area (Å²) in [5.74, 6) is 0.812. The van der Waals surface area contributed by atoms with Gasteiger partial charge in [0.1, 0.15) is 0 Å². The number of benzene rings is 3. The smallest absolute Gasteiger partial charge is 0.321 e. The van der Waals surface area contributed by atoms with Gasteiger partial charge in [-0.3, -0.25) is 0 Å². The van der Waals surface area contributed by atoms with Crippen molar-refractivity contribution < 1.29 is 4.79 Å². The largest absolute Gasteiger partial charge is 0.399 e. The molecule has 220 valence electrons. The van der Waals surface area contributed by atoms with Gasteiger partial charge in [-0.2, -0.15) is 4.37 Å². The van der Waals surface area contributed by atoms with Gasteiger partial charge in [-0.15, -0.1) is 0 Å². The Morgan fingerprint density at radius 3 is 2.17 bits per heavy atom. The lowest BCUT2D eigenvalue weighted by atomic mass is 9.91.